The van der Waals surface area contributed by atoms with E-state index >= 15 is 0 Å². The van der Waals surface area contributed by atoms with Gasteiger partial charge in [-0.1, -0.05) is 18.2 Å². The number of rotatable bonds is 5. The molecule has 0 spiro atoms. The quantitative estimate of drug-likeness (QED) is 0.410. The van der Waals surface area contributed by atoms with Gasteiger partial charge in [0.2, 0.25) is 11.8 Å². The molecule has 1 aromatic rings. The van der Waals surface area contributed by atoms with Crippen molar-refractivity contribution in [3.63, 3.8) is 0 Å². The first-order chi connectivity index (χ1) is 14.4. The Morgan fingerprint density at radius 1 is 1.03 bits per heavy atom. The molecule has 4 rings (SSSR count). The molecule has 2 N–H and O–H groups in total. The standard InChI is InChI=1S/C21H23N3O6/c1-11(24-19(27)16-13-7-8-14(9-13)17(16)20(24)28)21(29)30-10-15(25)22-23-18(26)12-5-3-2-4-6-12/h2-6,11,13-14,16-17H,7-10H2,1H3,(H,22,25)(H,23,26)/t11-,13-,14+,16+,17+/m1/s1. The number of nitrogens with one attached hydrogen (secondary N) is 2. The summed E-state index contributed by atoms with van der Waals surface area (Å²) in [6, 6.07) is 7.18. The molecule has 5 atom stereocenters. The molecule has 158 valence electrons. The normalized spacial score (nSPS) is 27.6. The Bertz CT molecular complexity index is 873. The van der Waals surface area contributed by atoms with Crippen molar-refractivity contribution in [2.45, 2.75) is 32.2 Å². The summed E-state index contributed by atoms with van der Waals surface area (Å²) < 4.78 is 4.96. The molecule has 4 amide bonds. The van der Waals surface area contributed by atoms with E-state index in [9.17, 15) is 24.0 Å². The molecule has 1 heterocycles. The first-order valence-corrected chi connectivity index (χ1v) is 10.1. The predicted octanol–water partition coefficient (Wildman–Crippen LogP) is 0.410. The number of ether oxygens (including phenoxy) is 1. The number of esters is 1. The number of imide groups is 1. The molecule has 3 fully saturated rings. The van der Waals surface area contributed by atoms with Gasteiger partial charge in [-0.3, -0.25) is 34.9 Å². The SMILES string of the molecule is C[C@H](C(=O)OCC(=O)NNC(=O)c1ccccc1)N1C(=O)[C@H]2[C@@H]3CC[C@@H](C3)[C@@H]2C1=O. The lowest BCUT2D eigenvalue weighted by Crippen LogP contribution is -2.47. The van der Waals surface area contributed by atoms with E-state index in [2.05, 4.69) is 10.9 Å². The molecule has 3 aliphatic rings. The van der Waals surface area contributed by atoms with Crippen molar-refractivity contribution in [3.05, 3.63) is 35.9 Å². The number of carbonyl (C=O) groups is 5. The largest absolute Gasteiger partial charge is 0.454 e. The lowest BCUT2D eigenvalue weighted by molar-refractivity contribution is -0.160. The van der Waals surface area contributed by atoms with E-state index in [0.29, 0.717) is 5.56 Å². The number of benzene rings is 1. The van der Waals surface area contributed by atoms with Gasteiger partial charge in [-0.2, -0.15) is 0 Å². The van der Waals surface area contributed by atoms with Gasteiger partial charge in [-0.25, -0.2) is 4.79 Å². The van der Waals surface area contributed by atoms with Gasteiger partial charge in [0.15, 0.2) is 6.61 Å². The molecule has 9 nitrogen and oxygen atoms in total. The van der Waals surface area contributed by atoms with Crippen molar-refractivity contribution in [2.75, 3.05) is 6.61 Å². The zero-order valence-corrected chi connectivity index (χ0v) is 16.5. The first-order valence-electron chi connectivity index (χ1n) is 10.1. The summed E-state index contributed by atoms with van der Waals surface area (Å²) in [5.41, 5.74) is 4.72. The first kappa shape index (κ1) is 20.1. The fourth-order valence-electron chi connectivity index (χ4n) is 5.00. The highest BCUT2D eigenvalue weighted by Gasteiger charge is 2.62. The van der Waals surface area contributed by atoms with Crippen LogP contribution < -0.4 is 10.9 Å². The Kier molecular flexibility index (Phi) is 5.27. The summed E-state index contributed by atoms with van der Waals surface area (Å²) >= 11 is 0. The lowest BCUT2D eigenvalue weighted by Gasteiger charge is -2.23. The summed E-state index contributed by atoms with van der Waals surface area (Å²) in [6.45, 7) is 0.780. The van der Waals surface area contributed by atoms with Gasteiger partial charge in [-0.15, -0.1) is 0 Å². The van der Waals surface area contributed by atoms with Gasteiger partial charge in [0.25, 0.3) is 11.8 Å². The van der Waals surface area contributed by atoms with E-state index in [4.69, 9.17) is 4.74 Å². The topological polar surface area (TPSA) is 122 Å². The molecule has 2 bridgehead atoms. The van der Waals surface area contributed by atoms with Crippen LogP contribution in [-0.2, 0) is 23.9 Å². The Morgan fingerprint density at radius 2 is 1.63 bits per heavy atom. The molecule has 2 saturated carbocycles. The lowest BCUT2D eigenvalue weighted by atomic mass is 9.81. The minimum Gasteiger partial charge on any atom is -0.454 e. The third-order valence-electron chi connectivity index (χ3n) is 6.39. The molecular weight excluding hydrogens is 390 g/mol. The van der Waals surface area contributed by atoms with Gasteiger partial charge in [0.1, 0.15) is 6.04 Å². The van der Waals surface area contributed by atoms with Crippen LogP contribution in [0, 0.1) is 23.7 Å². The van der Waals surface area contributed by atoms with E-state index in [1.54, 1.807) is 30.3 Å². The summed E-state index contributed by atoms with van der Waals surface area (Å²) in [5, 5.41) is 0. The monoisotopic (exact) mass is 413 g/mol. The smallest absolute Gasteiger partial charge is 0.329 e. The second-order valence-electron chi connectivity index (χ2n) is 8.08. The average Bonchev–Trinajstić information content (AvgIpc) is 3.44. The van der Waals surface area contributed by atoms with Crippen LogP contribution in [0.25, 0.3) is 0 Å². The predicted molar refractivity (Wildman–Crippen MR) is 102 cm³/mol. The van der Waals surface area contributed by atoms with Crippen molar-refractivity contribution in [3.8, 4) is 0 Å². The Morgan fingerprint density at radius 3 is 2.23 bits per heavy atom. The Balaban J connectivity index is 1.27. The van der Waals surface area contributed by atoms with E-state index in [-0.39, 0.29) is 35.5 Å². The number of fused-ring (bicyclic) bond motifs is 5. The molecule has 0 unspecified atom stereocenters. The molecule has 0 aromatic heterocycles. The van der Waals surface area contributed by atoms with Crippen molar-refractivity contribution in [1.29, 1.82) is 0 Å². The third-order valence-corrected chi connectivity index (χ3v) is 6.39. The van der Waals surface area contributed by atoms with Gasteiger partial charge in [0, 0.05) is 5.56 Å². The van der Waals surface area contributed by atoms with E-state index in [1.165, 1.54) is 6.92 Å². The van der Waals surface area contributed by atoms with Crippen LogP contribution in [-0.4, -0.2) is 47.1 Å². The number of hydrogen-bond acceptors (Lipinski definition) is 6. The highest BCUT2D eigenvalue weighted by molar-refractivity contribution is 6.08. The maximum absolute atomic E-state index is 12.8. The third kappa shape index (κ3) is 3.44. The van der Waals surface area contributed by atoms with Crippen LogP contribution in [0.1, 0.15) is 36.5 Å². The van der Waals surface area contributed by atoms with Gasteiger partial charge in [-0.05, 0) is 50.2 Å². The number of nitrogens with zero attached hydrogens (tertiary/aromatic N) is 1. The van der Waals surface area contributed by atoms with E-state index in [1.807, 2.05) is 0 Å². The van der Waals surface area contributed by atoms with Crippen LogP contribution in [0.5, 0.6) is 0 Å². The minimum absolute atomic E-state index is 0.226. The molecule has 1 saturated heterocycles. The van der Waals surface area contributed by atoms with Crippen molar-refractivity contribution in [1.82, 2.24) is 15.8 Å². The molecule has 1 aliphatic heterocycles. The summed E-state index contributed by atoms with van der Waals surface area (Å²) in [5.74, 6) is -2.89. The van der Waals surface area contributed by atoms with Gasteiger partial charge < -0.3 is 4.74 Å². The fourth-order valence-corrected chi connectivity index (χ4v) is 5.00. The molecule has 0 radical (unpaired) electrons. The molecule has 9 heteroatoms. The average molecular weight is 413 g/mol. The van der Waals surface area contributed by atoms with E-state index in [0.717, 1.165) is 24.2 Å². The van der Waals surface area contributed by atoms with Gasteiger partial charge in [0.05, 0.1) is 11.8 Å². The number of likely N-dealkylation sites (tertiary alicyclic amines) is 1. The number of hydrazine groups is 1. The highest BCUT2D eigenvalue weighted by Crippen LogP contribution is 2.56. The van der Waals surface area contributed by atoms with Crippen LogP contribution in [0.2, 0.25) is 0 Å². The van der Waals surface area contributed by atoms with Crippen LogP contribution in [0.4, 0.5) is 0 Å². The van der Waals surface area contributed by atoms with Crippen LogP contribution >= 0.6 is 0 Å². The molecule has 30 heavy (non-hydrogen) atoms. The number of carbonyl (C=O) groups excluding carboxylic acids is 5. The number of hydrogen-bond donors (Lipinski definition) is 2. The summed E-state index contributed by atoms with van der Waals surface area (Å²) in [4.78, 5) is 62.6. The highest BCUT2D eigenvalue weighted by atomic mass is 16.5. The molecular formula is C21H23N3O6. The molecule has 1 aromatic carbocycles. The van der Waals surface area contributed by atoms with Crippen molar-refractivity contribution < 1.29 is 28.7 Å². The second-order valence-corrected chi connectivity index (χ2v) is 8.08. The maximum Gasteiger partial charge on any atom is 0.329 e. The van der Waals surface area contributed by atoms with E-state index < -0.39 is 30.4 Å². The van der Waals surface area contributed by atoms with Crippen molar-refractivity contribution >= 4 is 29.6 Å². The van der Waals surface area contributed by atoms with Crippen LogP contribution in [0.15, 0.2) is 30.3 Å². The zero-order valence-electron chi connectivity index (χ0n) is 16.5. The molecule has 2 aliphatic carbocycles. The summed E-state index contributed by atoms with van der Waals surface area (Å²) in [6.07, 6.45) is 2.81. The zero-order chi connectivity index (χ0) is 21.4. The second kappa shape index (κ2) is 7.89. The van der Waals surface area contributed by atoms with Crippen LogP contribution in [0.3, 0.4) is 0 Å². The number of amides is 4. The Hall–Kier alpha value is -3.23. The Labute approximate surface area is 173 Å². The van der Waals surface area contributed by atoms with Gasteiger partial charge >= 0.3 is 5.97 Å². The minimum atomic E-state index is -1.10. The summed E-state index contributed by atoms with van der Waals surface area (Å²) in [7, 11) is 0. The fraction of sp³-hybridized carbons (Fsp3) is 0.476. The maximum atomic E-state index is 12.8. The van der Waals surface area contributed by atoms with Crippen molar-refractivity contribution in [2.24, 2.45) is 23.7 Å².